The van der Waals surface area contributed by atoms with Crippen molar-refractivity contribution >= 4 is 29.9 Å². The molecule has 1 aliphatic rings. The van der Waals surface area contributed by atoms with Crippen LogP contribution in [0.3, 0.4) is 0 Å². The number of halogens is 1. The Balaban J connectivity index is 0.00000208. The van der Waals surface area contributed by atoms with E-state index in [0.29, 0.717) is 24.4 Å². The molecule has 2 aromatic rings. The van der Waals surface area contributed by atoms with Gasteiger partial charge in [-0.25, -0.2) is 4.98 Å². The van der Waals surface area contributed by atoms with Gasteiger partial charge in [0.25, 0.3) is 0 Å². The lowest BCUT2D eigenvalue weighted by atomic mass is 10.0. The SMILES string of the molecule is CN=C(NCc1nc(C)c(C)o1)NC1CC1c1ccccc1C.I. The van der Waals surface area contributed by atoms with Crippen LogP contribution in [0.25, 0.3) is 0 Å². The Morgan fingerprint density at radius 1 is 1.29 bits per heavy atom. The minimum atomic E-state index is 0. The first-order valence-corrected chi connectivity index (χ1v) is 8.04. The molecule has 0 bridgehead atoms. The van der Waals surface area contributed by atoms with Crippen molar-refractivity contribution in [3.8, 4) is 0 Å². The van der Waals surface area contributed by atoms with Gasteiger partial charge >= 0.3 is 0 Å². The largest absolute Gasteiger partial charge is 0.444 e. The Morgan fingerprint density at radius 3 is 2.67 bits per heavy atom. The zero-order valence-corrected chi connectivity index (χ0v) is 16.9. The summed E-state index contributed by atoms with van der Waals surface area (Å²) in [5.41, 5.74) is 3.72. The van der Waals surface area contributed by atoms with Gasteiger partial charge in [-0.3, -0.25) is 4.99 Å². The van der Waals surface area contributed by atoms with Crippen LogP contribution in [0.5, 0.6) is 0 Å². The molecular weight excluding hydrogens is 415 g/mol. The third kappa shape index (κ3) is 4.28. The number of nitrogens with one attached hydrogen (secondary N) is 2. The van der Waals surface area contributed by atoms with E-state index >= 15 is 0 Å². The summed E-state index contributed by atoms with van der Waals surface area (Å²) in [4.78, 5) is 8.66. The van der Waals surface area contributed by atoms with Gasteiger partial charge in [0.1, 0.15) is 5.76 Å². The number of hydrogen-bond donors (Lipinski definition) is 2. The van der Waals surface area contributed by atoms with Crippen molar-refractivity contribution in [1.82, 2.24) is 15.6 Å². The first-order valence-electron chi connectivity index (χ1n) is 8.04. The van der Waals surface area contributed by atoms with Crippen molar-refractivity contribution in [1.29, 1.82) is 0 Å². The first kappa shape index (κ1) is 18.8. The topological polar surface area (TPSA) is 62.5 Å². The molecule has 1 aliphatic carbocycles. The van der Waals surface area contributed by atoms with E-state index in [1.165, 1.54) is 11.1 Å². The maximum Gasteiger partial charge on any atom is 0.214 e. The van der Waals surface area contributed by atoms with Crippen molar-refractivity contribution in [3.05, 3.63) is 52.7 Å². The van der Waals surface area contributed by atoms with Crippen LogP contribution in [0.4, 0.5) is 0 Å². The number of rotatable bonds is 4. The summed E-state index contributed by atoms with van der Waals surface area (Å²) >= 11 is 0. The average molecular weight is 440 g/mol. The summed E-state index contributed by atoms with van der Waals surface area (Å²) < 4.78 is 5.58. The molecule has 0 radical (unpaired) electrons. The van der Waals surface area contributed by atoms with Crippen molar-refractivity contribution in [2.45, 2.75) is 45.7 Å². The second kappa shape index (κ2) is 8.00. The average Bonchev–Trinajstić information content (AvgIpc) is 3.22. The Morgan fingerprint density at radius 2 is 2.04 bits per heavy atom. The fourth-order valence-electron chi connectivity index (χ4n) is 2.85. The Labute approximate surface area is 160 Å². The number of benzene rings is 1. The number of aliphatic imine (C=N–C) groups is 1. The van der Waals surface area contributed by atoms with E-state index in [1.54, 1.807) is 7.05 Å². The molecule has 24 heavy (non-hydrogen) atoms. The van der Waals surface area contributed by atoms with E-state index in [-0.39, 0.29) is 24.0 Å². The highest BCUT2D eigenvalue weighted by atomic mass is 127. The minimum absolute atomic E-state index is 0. The lowest BCUT2D eigenvalue weighted by molar-refractivity contribution is 0.463. The van der Waals surface area contributed by atoms with Crippen LogP contribution >= 0.6 is 24.0 Å². The summed E-state index contributed by atoms with van der Waals surface area (Å²) in [5.74, 6) is 2.92. The van der Waals surface area contributed by atoms with Gasteiger partial charge in [0, 0.05) is 19.0 Å². The summed E-state index contributed by atoms with van der Waals surface area (Å²) in [6, 6.07) is 9.03. The minimum Gasteiger partial charge on any atom is -0.444 e. The van der Waals surface area contributed by atoms with Crippen molar-refractivity contribution in [2.75, 3.05) is 7.05 Å². The molecule has 2 N–H and O–H groups in total. The molecule has 5 nitrogen and oxygen atoms in total. The fourth-order valence-corrected chi connectivity index (χ4v) is 2.85. The number of hydrogen-bond acceptors (Lipinski definition) is 3. The molecule has 1 aromatic heterocycles. The Kier molecular flexibility index (Phi) is 6.26. The summed E-state index contributed by atoms with van der Waals surface area (Å²) in [5, 5.41) is 6.74. The molecule has 1 heterocycles. The van der Waals surface area contributed by atoms with Gasteiger partial charge in [0.2, 0.25) is 5.89 Å². The Bertz CT molecular complexity index is 706. The number of oxazole rings is 1. The molecule has 2 atom stereocenters. The molecule has 0 aliphatic heterocycles. The number of guanidine groups is 1. The normalized spacial score (nSPS) is 19.6. The van der Waals surface area contributed by atoms with Gasteiger partial charge < -0.3 is 15.1 Å². The molecule has 130 valence electrons. The number of aryl methyl sites for hydroxylation is 3. The standard InChI is InChI=1S/C18H24N4O.HI/c1-11-7-5-6-8-14(11)15-9-16(15)22-18(19-4)20-10-17-21-12(2)13(3)23-17;/h5-8,15-16H,9-10H2,1-4H3,(H2,19,20,22);1H. The lowest BCUT2D eigenvalue weighted by Crippen LogP contribution is -2.38. The van der Waals surface area contributed by atoms with Crippen molar-refractivity contribution in [2.24, 2.45) is 4.99 Å². The Hall–Kier alpha value is -1.57. The highest BCUT2D eigenvalue weighted by Crippen LogP contribution is 2.41. The van der Waals surface area contributed by atoms with Crippen LogP contribution < -0.4 is 10.6 Å². The third-order valence-corrected chi connectivity index (χ3v) is 4.40. The van der Waals surface area contributed by atoms with Gasteiger partial charge in [-0.2, -0.15) is 0 Å². The number of aromatic nitrogens is 1. The highest BCUT2D eigenvalue weighted by Gasteiger charge is 2.39. The second-order valence-electron chi connectivity index (χ2n) is 6.12. The monoisotopic (exact) mass is 440 g/mol. The predicted molar refractivity (Wildman–Crippen MR) is 107 cm³/mol. The second-order valence-corrected chi connectivity index (χ2v) is 6.12. The van der Waals surface area contributed by atoms with Crippen LogP contribution in [0.1, 0.15) is 40.8 Å². The molecule has 0 saturated heterocycles. The smallest absolute Gasteiger partial charge is 0.214 e. The van der Waals surface area contributed by atoms with Crippen LogP contribution in [0, 0.1) is 20.8 Å². The van der Waals surface area contributed by atoms with Crippen LogP contribution in [0.2, 0.25) is 0 Å². The van der Waals surface area contributed by atoms with Crippen LogP contribution in [-0.4, -0.2) is 24.0 Å². The fraction of sp³-hybridized carbons (Fsp3) is 0.444. The van der Waals surface area contributed by atoms with Gasteiger partial charge in [-0.1, -0.05) is 24.3 Å². The summed E-state index contributed by atoms with van der Waals surface area (Å²) in [6.45, 7) is 6.59. The zero-order chi connectivity index (χ0) is 16.4. The van der Waals surface area contributed by atoms with Crippen LogP contribution in [-0.2, 0) is 6.54 Å². The quantitative estimate of drug-likeness (QED) is 0.435. The molecule has 3 rings (SSSR count). The number of nitrogens with zero attached hydrogens (tertiary/aromatic N) is 2. The maximum atomic E-state index is 5.58. The van der Waals surface area contributed by atoms with Crippen LogP contribution in [0.15, 0.2) is 33.7 Å². The van der Waals surface area contributed by atoms with Crippen molar-refractivity contribution in [3.63, 3.8) is 0 Å². The predicted octanol–water partition coefficient (Wildman–Crippen LogP) is 3.44. The molecular formula is C18H25IN4O. The molecule has 2 unspecified atom stereocenters. The van der Waals surface area contributed by atoms with E-state index in [1.807, 2.05) is 13.8 Å². The van der Waals surface area contributed by atoms with E-state index in [9.17, 15) is 0 Å². The van der Waals surface area contributed by atoms with E-state index in [2.05, 4.69) is 51.8 Å². The van der Waals surface area contributed by atoms with Gasteiger partial charge in [0.15, 0.2) is 5.96 Å². The van der Waals surface area contributed by atoms with Crippen molar-refractivity contribution < 1.29 is 4.42 Å². The maximum absolute atomic E-state index is 5.58. The first-order chi connectivity index (χ1) is 11.1. The lowest BCUT2D eigenvalue weighted by Gasteiger charge is -2.11. The van der Waals surface area contributed by atoms with E-state index in [4.69, 9.17) is 4.42 Å². The molecule has 0 spiro atoms. The third-order valence-electron chi connectivity index (χ3n) is 4.40. The molecule has 1 saturated carbocycles. The molecule has 6 heteroatoms. The highest BCUT2D eigenvalue weighted by molar-refractivity contribution is 14.0. The van der Waals surface area contributed by atoms with E-state index < -0.39 is 0 Å². The van der Waals surface area contributed by atoms with Gasteiger partial charge in [-0.05, 0) is 38.3 Å². The van der Waals surface area contributed by atoms with E-state index in [0.717, 1.165) is 23.8 Å². The summed E-state index contributed by atoms with van der Waals surface area (Å²) in [6.07, 6.45) is 1.14. The molecule has 1 fully saturated rings. The molecule has 0 amide bonds. The summed E-state index contributed by atoms with van der Waals surface area (Å²) in [7, 11) is 1.78. The van der Waals surface area contributed by atoms with Gasteiger partial charge in [-0.15, -0.1) is 24.0 Å². The molecule has 1 aromatic carbocycles. The van der Waals surface area contributed by atoms with Gasteiger partial charge in [0.05, 0.1) is 12.2 Å². The zero-order valence-electron chi connectivity index (χ0n) is 14.6.